The molecule has 0 saturated heterocycles. The average Bonchev–Trinajstić information content (AvgIpc) is 2.97. The van der Waals surface area contributed by atoms with E-state index in [9.17, 15) is 22.4 Å². The van der Waals surface area contributed by atoms with Gasteiger partial charge in [-0.1, -0.05) is 43.7 Å². The summed E-state index contributed by atoms with van der Waals surface area (Å²) < 4.78 is 53.3. The number of halogens is 1. The average molecular weight is 600 g/mol. The van der Waals surface area contributed by atoms with Crippen molar-refractivity contribution in [1.29, 1.82) is 0 Å². The van der Waals surface area contributed by atoms with Crippen LogP contribution in [0, 0.1) is 18.7 Å². The first kappa shape index (κ1) is 32.4. The Bertz CT molecular complexity index is 1480. The lowest BCUT2D eigenvalue weighted by molar-refractivity contribution is -0.139. The fourth-order valence-electron chi connectivity index (χ4n) is 4.17. The highest BCUT2D eigenvalue weighted by Gasteiger charge is 2.33. The summed E-state index contributed by atoms with van der Waals surface area (Å²) in [4.78, 5) is 28.2. The molecular formula is C31H38FN3O6S. The van der Waals surface area contributed by atoms with Crippen molar-refractivity contribution in [1.82, 2.24) is 10.2 Å². The van der Waals surface area contributed by atoms with Crippen LogP contribution in [-0.4, -0.2) is 58.5 Å². The summed E-state index contributed by atoms with van der Waals surface area (Å²) >= 11 is 0. The highest BCUT2D eigenvalue weighted by molar-refractivity contribution is 7.92. The molecule has 1 N–H and O–H groups in total. The van der Waals surface area contributed by atoms with E-state index in [-0.39, 0.29) is 34.7 Å². The molecule has 0 radical (unpaired) electrons. The number of carbonyl (C=O) groups excluding carboxylic acids is 2. The van der Waals surface area contributed by atoms with Gasteiger partial charge in [0.25, 0.3) is 10.0 Å². The Hall–Kier alpha value is -4.12. The Morgan fingerprint density at radius 2 is 1.52 bits per heavy atom. The lowest BCUT2D eigenvalue weighted by Crippen LogP contribution is -2.51. The summed E-state index contributed by atoms with van der Waals surface area (Å²) in [7, 11) is -1.57. The molecule has 11 heteroatoms. The number of aryl methyl sites for hydroxylation is 1. The summed E-state index contributed by atoms with van der Waals surface area (Å²) in [6.45, 7) is 7.31. The van der Waals surface area contributed by atoms with Crippen molar-refractivity contribution in [2.75, 3.05) is 31.6 Å². The number of hydrogen-bond acceptors (Lipinski definition) is 6. The number of nitrogens with one attached hydrogen (secondary N) is 1. The van der Waals surface area contributed by atoms with Gasteiger partial charge in [0.05, 0.1) is 24.8 Å². The fourth-order valence-corrected chi connectivity index (χ4v) is 5.60. The number of ether oxygens (including phenoxy) is 2. The van der Waals surface area contributed by atoms with E-state index in [4.69, 9.17) is 9.47 Å². The van der Waals surface area contributed by atoms with Gasteiger partial charge in [0, 0.05) is 19.2 Å². The number of anilines is 1. The summed E-state index contributed by atoms with van der Waals surface area (Å²) in [5.41, 5.74) is 1.88. The molecule has 1 atom stereocenters. The van der Waals surface area contributed by atoms with E-state index >= 15 is 0 Å². The highest BCUT2D eigenvalue weighted by atomic mass is 32.2. The van der Waals surface area contributed by atoms with Crippen molar-refractivity contribution >= 4 is 27.5 Å². The van der Waals surface area contributed by atoms with Crippen molar-refractivity contribution in [3.63, 3.8) is 0 Å². The zero-order chi connectivity index (χ0) is 31.0. The molecule has 0 bridgehead atoms. The Kier molecular flexibility index (Phi) is 10.9. The van der Waals surface area contributed by atoms with Gasteiger partial charge in [-0.2, -0.15) is 0 Å². The molecule has 3 rings (SSSR count). The van der Waals surface area contributed by atoms with E-state index in [2.05, 4.69) is 5.32 Å². The topological polar surface area (TPSA) is 105 Å². The predicted octanol–water partition coefficient (Wildman–Crippen LogP) is 4.54. The van der Waals surface area contributed by atoms with Crippen molar-refractivity contribution in [2.24, 2.45) is 5.92 Å². The van der Waals surface area contributed by atoms with Gasteiger partial charge in [-0.3, -0.25) is 13.9 Å². The van der Waals surface area contributed by atoms with Crippen LogP contribution in [0.2, 0.25) is 0 Å². The number of sulfonamides is 1. The maximum atomic E-state index is 14.0. The van der Waals surface area contributed by atoms with Gasteiger partial charge < -0.3 is 19.7 Å². The summed E-state index contributed by atoms with van der Waals surface area (Å²) in [5, 5.41) is 2.85. The third kappa shape index (κ3) is 8.00. The molecule has 0 unspecified atom stereocenters. The molecule has 0 aliphatic heterocycles. The SMILES string of the molecule is COc1ccc(S(=O)(=O)N(CC(=O)N(Cc2ccc(C)cc2)[C@H](C)C(=O)NCC(C)C)c2ccc(F)cc2)cc1OC. The number of carbonyl (C=O) groups is 2. The standard InChI is InChI=1S/C31H38FN3O6S/c1-21(2)18-33-31(37)23(4)34(19-24-9-7-22(3)8-10-24)30(36)20-35(26-13-11-25(32)12-14-26)42(38,39)27-15-16-28(40-5)29(17-27)41-6/h7-17,21,23H,18-20H2,1-6H3,(H,33,37)/t23-/m1/s1. The van der Waals surface area contributed by atoms with Crippen molar-refractivity contribution < 1.29 is 31.9 Å². The molecule has 0 aliphatic carbocycles. The minimum Gasteiger partial charge on any atom is -0.493 e. The quantitative estimate of drug-likeness (QED) is 0.310. The Morgan fingerprint density at radius 1 is 0.905 bits per heavy atom. The molecule has 0 heterocycles. The third-order valence-electron chi connectivity index (χ3n) is 6.66. The highest BCUT2D eigenvalue weighted by Crippen LogP contribution is 2.32. The largest absolute Gasteiger partial charge is 0.493 e. The first-order valence-electron chi connectivity index (χ1n) is 13.5. The second-order valence-corrected chi connectivity index (χ2v) is 12.2. The van der Waals surface area contributed by atoms with Gasteiger partial charge in [-0.15, -0.1) is 0 Å². The van der Waals surface area contributed by atoms with Crippen LogP contribution in [0.3, 0.4) is 0 Å². The van der Waals surface area contributed by atoms with Gasteiger partial charge in [0.15, 0.2) is 11.5 Å². The van der Waals surface area contributed by atoms with Gasteiger partial charge in [-0.05, 0) is 61.7 Å². The Labute approximate surface area is 247 Å². The number of rotatable bonds is 13. The molecule has 3 aromatic carbocycles. The predicted molar refractivity (Wildman–Crippen MR) is 160 cm³/mol. The zero-order valence-electron chi connectivity index (χ0n) is 24.8. The molecule has 3 aromatic rings. The number of nitrogens with zero attached hydrogens (tertiary/aromatic N) is 2. The molecule has 0 aliphatic rings. The number of methoxy groups -OCH3 is 2. The van der Waals surface area contributed by atoms with E-state index in [1.165, 1.54) is 49.5 Å². The van der Waals surface area contributed by atoms with Crippen LogP contribution < -0.4 is 19.1 Å². The van der Waals surface area contributed by atoms with Gasteiger partial charge >= 0.3 is 0 Å². The number of benzene rings is 3. The molecule has 2 amide bonds. The first-order valence-corrected chi connectivity index (χ1v) is 14.9. The maximum Gasteiger partial charge on any atom is 0.264 e. The van der Waals surface area contributed by atoms with E-state index in [0.717, 1.165) is 27.6 Å². The van der Waals surface area contributed by atoms with Gasteiger partial charge in [0.2, 0.25) is 11.8 Å². The number of hydrogen-bond donors (Lipinski definition) is 1. The van der Waals surface area contributed by atoms with Crippen LogP contribution in [0.5, 0.6) is 11.5 Å². The normalized spacial score (nSPS) is 12.0. The van der Waals surface area contributed by atoms with Crippen LogP contribution in [0.1, 0.15) is 31.9 Å². The van der Waals surface area contributed by atoms with Crippen LogP contribution in [0.15, 0.2) is 71.6 Å². The monoisotopic (exact) mass is 599 g/mol. The van der Waals surface area contributed by atoms with Crippen LogP contribution >= 0.6 is 0 Å². The molecule has 9 nitrogen and oxygen atoms in total. The lowest BCUT2D eigenvalue weighted by Gasteiger charge is -2.32. The molecule has 0 spiro atoms. The molecule has 226 valence electrons. The van der Waals surface area contributed by atoms with Crippen molar-refractivity contribution in [3.05, 3.63) is 83.7 Å². The summed E-state index contributed by atoms with van der Waals surface area (Å²) in [6.07, 6.45) is 0. The summed E-state index contributed by atoms with van der Waals surface area (Å²) in [6, 6.07) is 15.5. The molecular weight excluding hydrogens is 561 g/mol. The van der Waals surface area contributed by atoms with E-state index < -0.39 is 34.3 Å². The Balaban J connectivity index is 2.04. The first-order chi connectivity index (χ1) is 19.9. The fraction of sp³-hybridized carbons (Fsp3) is 0.355. The second kappa shape index (κ2) is 14.2. The van der Waals surface area contributed by atoms with Crippen molar-refractivity contribution in [2.45, 2.75) is 45.2 Å². The minimum atomic E-state index is -4.37. The van der Waals surface area contributed by atoms with Gasteiger partial charge in [0.1, 0.15) is 18.4 Å². The van der Waals surface area contributed by atoms with E-state index in [1.54, 1.807) is 6.92 Å². The third-order valence-corrected chi connectivity index (χ3v) is 8.43. The van der Waals surface area contributed by atoms with Crippen molar-refractivity contribution in [3.8, 4) is 11.5 Å². The smallest absolute Gasteiger partial charge is 0.264 e. The molecule has 42 heavy (non-hydrogen) atoms. The second-order valence-electron chi connectivity index (χ2n) is 10.3. The maximum absolute atomic E-state index is 14.0. The van der Waals surface area contributed by atoms with Gasteiger partial charge in [-0.25, -0.2) is 12.8 Å². The molecule has 0 fully saturated rings. The van der Waals surface area contributed by atoms with Crippen LogP contribution in [0.4, 0.5) is 10.1 Å². The summed E-state index contributed by atoms with van der Waals surface area (Å²) in [5.74, 6) is -0.837. The number of amides is 2. The molecule has 0 aromatic heterocycles. The van der Waals surface area contributed by atoms with Crippen LogP contribution in [0.25, 0.3) is 0 Å². The molecule has 0 saturated carbocycles. The minimum absolute atomic E-state index is 0.0725. The van der Waals surface area contributed by atoms with Crippen LogP contribution in [-0.2, 0) is 26.2 Å². The lowest BCUT2D eigenvalue weighted by atomic mass is 10.1. The van der Waals surface area contributed by atoms with E-state index in [1.807, 2.05) is 45.0 Å². The van der Waals surface area contributed by atoms with E-state index in [0.29, 0.717) is 12.3 Å². The Morgan fingerprint density at radius 3 is 2.10 bits per heavy atom. The zero-order valence-corrected chi connectivity index (χ0v) is 25.6.